The van der Waals surface area contributed by atoms with Crippen LogP contribution in [0.4, 0.5) is 0 Å². The summed E-state index contributed by atoms with van der Waals surface area (Å²) < 4.78 is 5.70. The summed E-state index contributed by atoms with van der Waals surface area (Å²) in [6.07, 6.45) is 1.30. The molecule has 0 spiro atoms. The zero-order valence-electron chi connectivity index (χ0n) is 21.4. The maximum Gasteiger partial charge on any atom is 0.287 e. The van der Waals surface area contributed by atoms with Crippen LogP contribution in [0.2, 0.25) is 0 Å². The summed E-state index contributed by atoms with van der Waals surface area (Å²) in [4.78, 5) is 26.2. The molecule has 1 heterocycles. The third-order valence-corrected chi connectivity index (χ3v) is 7.47. The van der Waals surface area contributed by atoms with Crippen LogP contribution >= 0.6 is 0 Å². The van der Waals surface area contributed by atoms with Crippen molar-refractivity contribution in [1.82, 2.24) is 5.32 Å². The first kappa shape index (κ1) is 27.4. The second-order valence-corrected chi connectivity index (χ2v) is 11.1. The van der Waals surface area contributed by atoms with Gasteiger partial charge in [-0.3, -0.25) is 9.59 Å². The fourth-order valence-electron chi connectivity index (χ4n) is 4.98. The third kappa shape index (κ3) is 5.17. The zero-order chi connectivity index (χ0) is 25.5. The zero-order valence-corrected chi connectivity index (χ0v) is 21.4. The van der Waals surface area contributed by atoms with Gasteiger partial charge >= 0.3 is 0 Å². The largest absolute Gasteiger partial charge is 0.447 e. The molecule has 1 unspecified atom stereocenters. The Hall–Kier alpha value is -3.18. The molecule has 0 saturated heterocycles. The van der Waals surface area contributed by atoms with Gasteiger partial charge in [-0.15, -0.1) is 0 Å². The number of nitrogens with one attached hydrogen (secondary N) is 1. The maximum absolute atomic E-state index is 13.4. The number of hydrogen-bond acceptors (Lipinski definition) is 4. The molecule has 0 bridgehead atoms. The molecule has 3 aromatic rings. The van der Waals surface area contributed by atoms with Crippen molar-refractivity contribution in [3.05, 3.63) is 93.9 Å². The maximum atomic E-state index is 13.4. The van der Waals surface area contributed by atoms with Crippen LogP contribution < -0.4 is 5.32 Å². The molecule has 1 aliphatic rings. The highest BCUT2D eigenvalue weighted by Gasteiger charge is 2.38. The first-order valence-electron chi connectivity index (χ1n) is 12.2. The Labute approximate surface area is 214 Å². The van der Waals surface area contributed by atoms with Gasteiger partial charge in [0.2, 0.25) is 5.78 Å². The molecule has 2 atom stereocenters. The monoisotopic (exact) mass is 489 g/mol. The summed E-state index contributed by atoms with van der Waals surface area (Å²) in [6, 6.07) is 15.8. The van der Waals surface area contributed by atoms with Crippen LogP contribution in [-0.4, -0.2) is 22.8 Å². The average molecular weight is 490 g/mol. The highest BCUT2D eigenvalue weighted by molar-refractivity contribution is 6.09. The average Bonchev–Trinajstić information content (AvgIpc) is 3.32. The quantitative estimate of drug-likeness (QED) is 0.380. The number of rotatable bonds is 6. The fourth-order valence-corrected chi connectivity index (χ4v) is 4.98. The van der Waals surface area contributed by atoms with E-state index in [1.165, 1.54) is 17.2 Å². The molecular formula is C31H39NO4. The van der Waals surface area contributed by atoms with Gasteiger partial charge in [0, 0.05) is 5.56 Å². The van der Waals surface area contributed by atoms with E-state index < -0.39 is 18.1 Å². The topological polar surface area (TPSA) is 79.5 Å². The van der Waals surface area contributed by atoms with E-state index in [1.807, 2.05) is 31.2 Å². The lowest BCUT2D eigenvalue weighted by Crippen LogP contribution is -2.36. The molecule has 1 aromatic heterocycles. The molecular weight excluding hydrogens is 450 g/mol. The van der Waals surface area contributed by atoms with Gasteiger partial charge in [0.15, 0.2) is 11.5 Å². The number of aliphatic hydroxyl groups is 1. The Balaban J connectivity index is 0.00000361. The number of carbonyl (C=O) groups excluding carboxylic acids is 2. The predicted octanol–water partition coefficient (Wildman–Crippen LogP) is 6.66. The van der Waals surface area contributed by atoms with Crippen molar-refractivity contribution < 1.29 is 19.1 Å². The Morgan fingerprint density at radius 1 is 0.917 bits per heavy atom. The number of benzene rings is 2. The number of fused-ring (bicyclic) bond motifs is 1. The smallest absolute Gasteiger partial charge is 0.287 e. The summed E-state index contributed by atoms with van der Waals surface area (Å²) in [6.45, 7) is 12.7. The molecule has 36 heavy (non-hydrogen) atoms. The molecule has 1 amide bonds. The molecule has 5 nitrogen and oxygen atoms in total. The van der Waals surface area contributed by atoms with E-state index in [0.717, 1.165) is 18.4 Å². The molecule has 0 fully saturated rings. The molecule has 0 radical (unpaired) electrons. The molecule has 5 heteroatoms. The van der Waals surface area contributed by atoms with E-state index in [-0.39, 0.29) is 35.6 Å². The summed E-state index contributed by atoms with van der Waals surface area (Å²) in [5, 5.41) is 13.3. The first-order valence-corrected chi connectivity index (χ1v) is 12.2. The molecule has 4 rings (SSSR count). The van der Waals surface area contributed by atoms with Gasteiger partial charge in [-0.2, -0.15) is 0 Å². The molecule has 2 aromatic carbocycles. The van der Waals surface area contributed by atoms with Crippen molar-refractivity contribution in [2.45, 2.75) is 84.8 Å². The number of furan rings is 1. The van der Waals surface area contributed by atoms with Gasteiger partial charge in [0.25, 0.3) is 5.91 Å². The van der Waals surface area contributed by atoms with Crippen LogP contribution in [0.3, 0.4) is 0 Å². The lowest BCUT2D eigenvalue weighted by atomic mass is 9.62. The van der Waals surface area contributed by atoms with Crippen molar-refractivity contribution in [2.24, 2.45) is 0 Å². The predicted molar refractivity (Wildman–Crippen MR) is 144 cm³/mol. The number of ketones is 1. The minimum Gasteiger partial charge on any atom is -0.447 e. The summed E-state index contributed by atoms with van der Waals surface area (Å²) >= 11 is 0. The summed E-state index contributed by atoms with van der Waals surface area (Å²) in [5.74, 6) is -0.544. The summed E-state index contributed by atoms with van der Waals surface area (Å²) in [7, 11) is 0. The number of aliphatic hydroxyl groups excluding tert-OH is 1. The molecule has 0 saturated carbocycles. The first-order chi connectivity index (χ1) is 16.4. The third-order valence-electron chi connectivity index (χ3n) is 7.47. The number of hydrogen-bond donors (Lipinski definition) is 2. The molecule has 1 aliphatic carbocycles. The number of amides is 1. The minimum atomic E-state index is -0.859. The Bertz CT molecular complexity index is 1250. The minimum absolute atomic E-state index is 0. The van der Waals surface area contributed by atoms with E-state index in [1.54, 1.807) is 25.1 Å². The Morgan fingerprint density at radius 2 is 1.47 bits per heavy atom. The fraction of sp³-hybridized carbons (Fsp3) is 0.419. The van der Waals surface area contributed by atoms with Gasteiger partial charge in [-0.25, -0.2) is 0 Å². The van der Waals surface area contributed by atoms with Crippen molar-refractivity contribution in [1.29, 1.82) is 0 Å². The van der Waals surface area contributed by atoms with Crippen LogP contribution in [0.5, 0.6) is 0 Å². The van der Waals surface area contributed by atoms with E-state index in [2.05, 4.69) is 39.1 Å². The van der Waals surface area contributed by atoms with Crippen molar-refractivity contribution in [2.75, 3.05) is 0 Å². The lowest BCUT2D eigenvalue weighted by Gasteiger charge is -2.42. The highest BCUT2D eigenvalue weighted by atomic mass is 16.4. The van der Waals surface area contributed by atoms with E-state index >= 15 is 0 Å². The van der Waals surface area contributed by atoms with E-state index in [4.69, 9.17) is 4.42 Å². The number of carbonyl (C=O) groups is 2. The van der Waals surface area contributed by atoms with Gasteiger partial charge in [-0.05, 0) is 78.0 Å². The van der Waals surface area contributed by atoms with Crippen LogP contribution in [0, 0.1) is 6.92 Å². The van der Waals surface area contributed by atoms with E-state index in [9.17, 15) is 14.7 Å². The molecule has 192 valence electrons. The van der Waals surface area contributed by atoms with Gasteiger partial charge in [-0.1, -0.05) is 71.5 Å². The van der Waals surface area contributed by atoms with Gasteiger partial charge < -0.3 is 14.8 Å². The molecule has 0 aliphatic heterocycles. The summed E-state index contributed by atoms with van der Waals surface area (Å²) in [5.41, 5.74) is 4.77. The standard InChI is InChI=1S/C30H35NO4.CH4/c1-18-16-22-23(30(5,6)15-14-29(22,3)4)17-21(18)27(33)24-12-13-25(35-24)28(34)31-19(2)26(32)20-10-8-7-9-11-20;/h7-13,16-17,19,26,32H,14-15H2,1-6H3,(H,31,34);1H4/t19?,26-;/m1./s1. The van der Waals surface area contributed by atoms with Crippen LogP contribution in [-0.2, 0) is 10.8 Å². The van der Waals surface area contributed by atoms with Crippen LogP contribution in [0.25, 0.3) is 0 Å². The van der Waals surface area contributed by atoms with Crippen molar-refractivity contribution in [3.8, 4) is 0 Å². The van der Waals surface area contributed by atoms with E-state index in [0.29, 0.717) is 11.1 Å². The second kappa shape index (κ2) is 10.1. The SMILES string of the molecule is C.Cc1cc2c(cc1C(=O)c1ccc(C(=O)NC(C)[C@@H](O)c3ccccc3)o1)C(C)(C)CCC2(C)C. The Morgan fingerprint density at radius 3 is 2.08 bits per heavy atom. The lowest BCUT2D eigenvalue weighted by molar-refractivity contribution is 0.0823. The normalized spacial score (nSPS) is 17.3. The highest BCUT2D eigenvalue weighted by Crippen LogP contribution is 2.46. The van der Waals surface area contributed by atoms with Crippen molar-refractivity contribution in [3.63, 3.8) is 0 Å². The number of aryl methyl sites for hydroxylation is 1. The second-order valence-electron chi connectivity index (χ2n) is 11.1. The van der Waals surface area contributed by atoms with Crippen LogP contribution in [0.15, 0.2) is 59.0 Å². The van der Waals surface area contributed by atoms with Gasteiger partial charge in [0.05, 0.1) is 12.1 Å². The molecule has 2 N–H and O–H groups in total. The van der Waals surface area contributed by atoms with Crippen LogP contribution in [0.1, 0.15) is 110 Å². The van der Waals surface area contributed by atoms with Gasteiger partial charge in [0.1, 0.15) is 0 Å². The Kier molecular flexibility index (Phi) is 7.66. The van der Waals surface area contributed by atoms with Crippen molar-refractivity contribution >= 4 is 11.7 Å².